The summed E-state index contributed by atoms with van der Waals surface area (Å²) in [7, 11) is 1.90. The molecule has 0 saturated carbocycles. The highest BCUT2D eigenvalue weighted by Gasteiger charge is 2.25. The SMILES string of the molecule is Cc1nc2c(s1)CCC[C@@H]2Nc1nc(-c2cccnc2)nc2c1cnn2C. The molecule has 0 unspecified atom stereocenters. The van der Waals surface area contributed by atoms with E-state index in [4.69, 9.17) is 15.0 Å². The summed E-state index contributed by atoms with van der Waals surface area (Å²) >= 11 is 1.80. The van der Waals surface area contributed by atoms with Crippen molar-refractivity contribution in [3.05, 3.63) is 46.3 Å². The van der Waals surface area contributed by atoms with Gasteiger partial charge in [0.1, 0.15) is 5.82 Å². The van der Waals surface area contributed by atoms with Gasteiger partial charge in [-0.1, -0.05) is 0 Å². The van der Waals surface area contributed by atoms with Crippen molar-refractivity contribution in [2.24, 2.45) is 7.05 Å². The molecule has 0 fully saturated rings. The minimum atomic E-state index is 0.166. The molecule has 8 heteroatoms. The van der Waals surface area contributed by atoms with Crippen LogP contribution >= 0.6 is 11.3 Å². The van der Waals surface area contributed by atoms with Crippen molar-refractivity contribution < 1.29 is 0 Å². The number of thiazole rings is 1. The molecule has 1 atom stereocenters. The van der Waals surface area contributed by atoms with Gasteiger partial charge in [0.2, 0.25) is 0 Å². The van der Waals surface area contributed by atoms with Crippen LogP contribution in [0.25, 0.3) is 22.4 Å². The molecule has 0 radical (unpaired) electrons. The molecule has 7 nitrogen and oxygen atoms in total. The fourth-order valence-corrected chi connectivity index (χ4v) is 4.64. The van der Waals surface area contributed by atoms with E-state index in [0.717, 1.165) is 46.7 Å². The molecule has 0 spiro atoms. The molecule has 0 bridgehead atoms. The Morgan fingerprint density at radius 1 is 1.22 bits per heavy atom. The minimum Gasteiger partial charge on any atom is -0.361 e. The molecule has 1 N–H and O–H groups in total. The lowest BCUT2D eigenvalue weighted by Crippen LogP contribution is -2.18. The zero-order chi connectivity index (χ0) is 18.4. The molecule has 4 aromatic heterocycles. The van der Waals surface area contributed by atoms with Gasteiger partial charge >= 0.3 is 0 Å². The third-order valence-electron chi connectivity index (χ3n) is 4.88. The molecule has 0 aromatic carbocycles. The third kappa shape index (κ3) is 2.86. The lowest BCUT2D eigenvalue weighted by Gasteiger charge is -2.23. The van der Waals surface area contributed by atoms with Crippen LogP contribution in [0.5, 0.6) is 0 Å². The molecule has 0 aliphatic heterocycles. The first-order chi connectivity index (χ1) is 13.2. The number of fused-ring (bicyclic) bond motifs is 2. The van der Waals surface area contributed by atoms with Crippen molar-refractivity contribution in [1.29, 1.82) is 0 Å². The van der Waals surface area contributed by atoms with Gasteiger partial charge in [0, 0.05) is 29.9 Å². The topological polar surface area (TPSA) is 81.4 Å². The third-order valence-corrected chi connectivity index (χ3v) is 5.93. The molecule has 136 valence electrons. The number of aromatic nitrogens is 6. The van der Waals surface area contributed by atoms with E-state index in [1.54, 1.807) is 28.4 Å². The van der Waals surface area contributed by atoms with E-state index in [1.165, 1.54) is 10.6 Å². The van der Waals surface area contributed by atoms with Crippen LogP contribution < -0.4 is 5.32 Å². The highest BCUT2D eigenvalue weighted by Crippen LogP contribution is 2.36. The van der Waals surface area contributed by atoms with Crippen LogP contribution in [0.4, 0.5) is 5.82 Å². The molecule has 0 amide bonds. The van der Waals surface area contributed by atoms with Crippen LogP contribution in [-0.4, -0.2) is 29.7 Å². The van der Waals surface area contributed by atoms with E-state index in [1.807, 2.05) is 25.4 Å². The Morgan fingerprint density at radius 3 is 3.00 bits per heavy atom. The molecule has 0 saturated heterocycles. The predicted octanol–water partition coefficient (Wildman–Crippen LogP) is 3.68. The number of rotatable bonds is 3. The van der Waals surface area contributed by atoms with Crippen LogP contribution in [0.1, 0.15) is 34.5 Å². The summed E-state index contributed by atoms with van der Waals surface area (Å²) < 4.78 is 1.78. The average Bonchev–Trinajstić information content (AvgIpc) is 3.25. The first-order valence-corrected chi connectivity index (χ1v) is 9.83. The number of aryl methyl sites for hydroxylation is 3. The largest absolute Gasteiger partial charge is 0.361 e. The molecule has 1 aliphatic rings. The summed E-state index contributed by atoms with van der Waals surface area (Å²) in [5.74, 6) is 1.45. The van der Waals surface area contributed by atoms with Crippen LogP contribution in [0.2, 0.25) is 0 Å². The summed E-state index contributed by atoms with van der Waals surface area (Å²) in [6, 6.07) is 4.03. The lowest BCUT2D eigenvalue weighted by atomic mass is 9.97. The zero-order valence-corrected chi connectivity index (χ0v) is 16.0. The Bertz CT molecular complexity index is 1120. The minimum absolute atomic E-state index is 0.166. The Hall–Kier alpha value is -2.87. The Morgan fingerprint density at radius 2 is 2.15 bits per heavy atom. The summed E-state index contributed by atoms with van der Waals surface area (Å²) in [5.41, 5.74) is 2.86. The molecule has 27 heavy (non-hydrogen) atoms. The first-order valence-electron chi connectivity index (χ1n) is 9.02. The maximum atomic E-state index is 4.82. The van der Waals surface area contributed by atoms with E-state index in [-0.39, 0.29) is 6.04 Å². The fraction of sp³-hybridized carbons (Fsp3) is 0.316. The Labute approximate surface area is 160 Å². The van der Waals surface area contributed by atoms with Crippen LogP contribution in [0, 0.1) is 6.92 Å². The number of hydrogen-bond donors (Lipinski definition) is 1. The summed E-state index contributed by atoms with van der Waals surface area (Å²) in [6.45, 7) is 2.07. The monoisotopic (exact) mass is 377 g/mol. The van der Waals surface area contributed by atoms with E-state index >= 15 is 0 Å². The second-order valence-electron chi connectivity index (χ2n) is 6.77. The van der Waals surface area contributed by atoms with Gasteiger partial charge in [-0.25, -0.2) is 15.0 Å². The van der Waals surface area contributed by atoms with Gasteiger partial charge in [-0.2, -0.15) is 5.10 Å². The van der Waals surface area contributed by atoms with E-state index < -0.39 is 0 Å². The predicted molar refractivity (Wildman–Crippen MR) is 106 cm³/mol. The van der Waals surface area contributed by atoms with Gasteiger partial charge in [-0.05, 0) is 38.3 Å². The summed E-state index contributed by atoms with van der Waals surface area (Å²) in [5, 5.41) is 10.1. The molecule has 5 rings (SSSR count). The second-order valence-corrected chi connectivity index (χ2v) is 8.06. The van der Waals surface area contributed by atoms with Crippen molar-refractivity contribution >= 4 is 28.2 Å². The fourth-order valence-electron chi connectivity index (χ4n) is 3.60. The quantitative estimate of drug-likeness (QED) is 0.586. The van der Waals surface area contributed by atoms with Crippen molar-refractivity contribution in [2.75, 3.05) is 5.32 Å². The molecular weight excluding hydrogens is 358 g/mol. The molecular formula is C19H19N7S. The van der Waals surface area contributed by atoms with Gasteiger partial charge in [-0.3, -0.25) is 9.67 Å². The number of nitrogens with zero attached hydrogens (tertiary/aromatic N) is 6. The normalized spacial score (nSPS) is 16.4. The smallest absolute Gasteiger partial charge is 0.165 e. The first kappa shape index (κ1) is 16.3. The zero-order valence-electron chi connectivity index (χ0n) is 15.2. The van der Waals surface area contributed by atoms with E-state index in [9.17, 15) is 0 Å². The van der Waals surface area contributed by atoms with Gasteiger partial charge in [0.15, 0.2) is 11.5 Å². The molecule has 4 heterocycles. The van der Waals surface area contributed by atoms with Gasteiger partial charge < -0.3 is 5.32 Å². The van der Waals surface area contributed by atoms with Gasteiger partial charge in [0.25, 0.3) is 0 Å². The standard InChI is InChI=1S/C19H19N7S/c1-11-22-16-14(6-3-7-15(16)27-11)23-18-13-10-21-26(2)19(13)25-17(24-18)12-5-4-8-20-9-12/h4-5,8-10,14H,3,6-7H2,1-2H3,(H,23,24,25)/t14-/m0/s1. The second kappa shape index (κ2) is 6.38. The highest BCUT2D eigenvalue weighted by atomic mass is 32.1. The van der Waals surface area contributed by atoms with E-state index in [0.29, 0.717) is 5.82 Å². The Balaban J connectivity index is 1.61. The number of hydrogen-bond acceptors (Lipinski definition) is 7. The summed E-state index contributed by atoms with van der Waals surface area (Å²) in [4.78, 5) is 19.9. The molecule has 1 aliphatic carbocycles. The van der Waals surface area contributed by atoms with Crippen molar-refractivity contribution in [3.8, 4) is 11.4 Å². The van der Waals surface area contributed by atoms with Gasteiger partial charge in [0.05, 0.1) is 28.3 Å². The van der Waals surface area contributed by atoms with Gasteiger partial charge in [-0.15, -0.1) is 11.3 Å². The van der Waals surface area contributed by atoms with Crippen LogP contribution in [-0.2, 0) is 13.5 Å². The molecule has 4 aromatic rings. The summed E-state index contributed by atoms with van der Waals surface area (Å²) in [6.07, 6.45) is 8.67. The van der Waals surface area contributed by atoms with Crippen LogP contribution in [0.15, 0.2) is 30.7 Å². The average molecular weight is 377 g/mol. The van der Waals surface area contributed by atoms with E-state index in [2.05, 4.69) is 22.3 Å². The maximum absolute atomic E-state index is 4.82. The highest BCUT2D eigenvalue weighted by molar-refractivity contribution is 7.11. The number of pyridine rings is 1. The lowest BCUT2D eigenvalue weighted by molar-refractivity contribution is 0.592. The van der Waals surface area contributed by atoms with Crippen molar-refractivity contribution in [1.82, 2.24) is 29.7 Å². The Kier molecular flexibility index (Phi) is 3.86. The number of anilines is 1. The maximum Gasteiger partial charge on any atom is 0.165 e. The van der Waals surface area contributed by atoms with Crippen LogP contribution in [0.3, 0.4) is 0 Å². The van der Waals surface area contributed by atoms with Crippen molar-refractivity contribution in [3.63, 3.8) is 0 Å². The van der Waals surface area contributed by atoms with Crippen molar-refractivity contribution in [2.45, 2.75) is 32.2 Å². The number of nitrogens with one attached hydrogen (secondary N) is 1.